The summed E-state index contributed by atoms with van der Waals surface area (Å²) < 4.78 is 19.0. The number of fused-ring (bicyclic) bond motifs is 1. The third-order valence-corrected chi connectivity index (χ3v) is 12.1. The SMILES string of the molecule is CC(C)(C)[Si](C)(C)OC[C@@H](c1ccccc1)N1C(=O)[C@@H]2OC3(CCCCC3)O[C@@H]2[C@@H]1O. The largest absolute Gasteiger partial charge is 0.414 e. The van der Waals surface area contributed by atoms with Crippen LogP contribution in [0.5, 0.6) is 0 Å². The highest BCUT2D eigenvalue weighted by Gasteiger charge is 2.61. The standard InChI is InChI=1S/C24H37NO5Si/c1-23(2,3)31(4,5)28-16-18(17-12-8-6-9-13-17)25-21(26)19-20(22(25)27)30-24(29-19)14-10-7-11-15-24/h6,8-9,12-13,18-21,26H,7,10-11,14-16H2,1-5H3/t18-,19-,20+,21-/m0/s1. The van der Waals surface area contributed by atoms with Crippen LogP contribution in [0, 0.1) is 0 Å². The van der Waals surface area contributed by atoms with Crippen LogP contribution in [0.4, 0.5) is 0 Å². The number of aliphatic hydroxyl groups excluding tert-OH is 1. The number of aliphatic hydroxyl groups is 1. The highest BCUT2D eigenvalue weighted by atomic mass is 28.4. The van der Waals surface area contributed by atoms with Gasteiger partial charge in [-0.1, -0.05) is 57.5 Å². The van der Waals surface area contributed by atoms with Crippen molar-refractivity contribution in [3.8, 4) is 0 Å². The first-order valence-corrected chi connectivity index (χ1v) is 14.5. The lowest BCUT2D eigenvalue weighted by atomic mass is 9.94. The number of hydrogen-bond donors (Lipinski definition) is 1. The summed E-state index contributed by atoms with van der Waals surface area (Å²) in [5, 5.41) is 11.3. The predicted octanol–water partition coefficient (Wildman–Crippen LogP) is 4.35. The van der Waals surface area contributed by atoms with Crippen LogP contribution in [0.2, 0.25) is 18.1 Å². The van der Waals surface area contributed by atoms with Gasteiger partial charge in [0.05, 0.1) is 12.6 Å². The molecule has 1 aliphatic carbocycles. The van der Waals surface area contributed by atoms with Crippen molar-refractivity contribution in [3.63, 3.8) is 0 Å². The van der Waals surface area contributed by atoms with Gasteiger partial charge >= 0.3 is 0 Å². The van der Waals surface area contributed by atoms with Crippen LogP contribution < -0.4 is 0 Å². The number of carbonyl (C=O) groups excluding carboxylic acids is 1. The maximum Gasteiger partial charge on any atom is 0.257 e. The van der Waals surface area contributed by atoms with Gasteiger partial charge in [-0.05, 0) is 36.5 Å². The van der Waals surface area contributed by atoms with Gasteiger partial charge < -0.3 is 23.9 Å². The summed E-state index contributed by atoms with van der Waals surface area (Å²) in [6, 6.07) is 9.43. The first-order chi connectivity index (χ1) is 14.5. The summed E-state index contributed by atoms with van der Waals surface area (Å²) in [5.74, 6) is -0.899. The molecular formula is C24H37NO5Si. The molecule has 2 saturated heterocycles. The molecule has 6 nitrogen and oxygen atoms in total. The van der Waals surface area contributed by atoms with Crippen molar-refractivity contribution in [1.29, 1.82) is 0 Å². The zero-order chi connectivity index (χ0) is 22.4. The third-order valence-electron chi connectivity index (χ3n) is 7.61. The van der Waals surface area contributed by atoms with Crippen molar-refractivity contribution >= 4 is 14.2 Å². The third kappa shape index (κ3) is 4.23. The van der Waals surface area contributed by atoms with E-state index < -0.39 is 38.6 Å². The maximum absolute atomic E-state index is 13.5. The van der Waals surface area contributed by atoms with Gasteiger partial charge in [0.1, 0.15) is 6.10 Å². The van der Waals surface area contributed by atoms with Gasteiger partial charge in [-0.2, -0.15) is 0 Å². The zero-order valence-corrected chi connectivity index (χ0v) is 20.5. The summed E-state index contributed by atoms with van der Waals surface area (Å²) >= 11 is 0. The van der Waals surface area contributed by atoms with E-state index in [0.29, 0.717) is 6.61 Å². The van der Waals surface area contributed by atoms with Crippen LogP contribution in [0.15, 0.2) is 30.3 Å². The van der Waals surface area contributed by atoms with E-state index >= 15 is 0 Å². The molecule has 7 heteroatoms. The van der Waals surface area contributed by atoms with Crippen molar-refractivity contribution in [2.24, 2.45) is 0 Å². The summed E-state index contributed by atoms with van der Waals surface area (Å²) in [5.41, 5.74) is 0.945. The fourth-order valence-corrected chi connectivity index (χ4v) is 5.67. The molecule has 2 aliphatic heterocycles. The summed E-state index contributed by atoms with van der Waals surface area (Å²) in [4.78, 5) is 15.0. The Kier molecular flexibility index (Phi) is 6.11. The molecule has 1 saturated carbocycles. The fraction of sp³-hybridized carbons (Fsp3) is 0.708. The van der Waals surface area contributed by atoms with E-state index in [9.17, 15) is 9.90 Å². The lowest BCUT2D eigenvalue weighted by Gasteiger charge is -2.40. The Hall–Kier alpha value is -1.25. The molecule has 0 unspecified atom stereocenters. The quantitative estimate of drug-likeness (QED) is 0.680. The number of hydrogen-bond acceptors (Lipinski definition) is 5. The molecule has 1 aromatic carbocycles. The molecule has 3 aliphatic rings. The second-order valence-corrected chi connectivity index (χ2v) is 15.6. The minimum Gasteiger partial charge on any atom is -0.414 e. The molecule has 0 aromatic heterocycles. The van der Waals surface area contributed by atoms with Gasteiger partial charge in [0.15, 0.2) is 26.4 Å². The van der Waals surface area contributed by atoms with Gasteiger partial charge in [0.2, 0.25) is 0 Å². The molecule has 4 rings (SSSR count). The number of rotatable bonds is 5. The Labute approximate surface area is 187 Å². The van der Waals surface area contributed by atoms with Gasteiger partial charge in [0, 0.05) is 12.8 Å². The van der Waals surface area contributed by atoms with Crippen LogP contribution in [0.3, 0.4) is 0 Å². The predicted molar refractivity (Wildman–Crippen MR) is 121 cm³/mol. The average molecular weight is 448 g/mol. The smallest absolute Gasteiger partial charge is 0.257 e. The van der Waals surface area contributed by atoms with E-state index in [1.165, 1.54) is 4.90 Å². The number of nitrogens with zero attached hydrogens (tertiary/aromatic N) is 1. The van der Waals surface area contributed by atoms with Gasteiger partial charge in [-0.3, -0.25) is 4.79 Å². The molecule has 0 bridgehead atoms. The average Bonchev–Trinajstić information content (AvgIpc) is 3.18. The minimum atomic E-state index is -2.04. The highest BCUT2D eigenvalue weighted by Crippen LogP contribution is 2.46. The molecule has 1 amide bonds. The number of likely N-dealkylation sites (tertiary alicyclic amines) is 1. The Balaban J connectivity index is 1.57. The van der Waals surface area contributed by atoms with Crippen molar-refractivity contribution in [3.05, 3.63) is 35.9 Å². The molecule has 1 N–H and O–H groups in total. The minimum absolute atomic E-state index is 0.0535. The van der Waals surface area contributed by atoms with E-state index in [2.05, 4.69) is 33.9 Å². The normalized spacial score (nSPS) is 29.4. The molecule has 1 aromatic rings. The van der Waals surface area contributed by atoms with Gasteiger partial charge in [-0.25, -0.2) is 0 Å². The van der Waals surface area contributed by atoms with E-state index in [1.807, 2.05) is 30.3 Å². The number of benzene rings is 1. The molecule has 0 radical (unpaired) electrons. The van der Waals surface area contributed by atoms with E-state index in [0.717, 1.165) is 37.7 Å². The molecule has 3 fully saturated rings. The number of amides is 1. The van der Waals surface area contributed by atoms with E-state index in [4.69, 9.17) is 13.9 Å². The molecule has 4 atom stereocenters. The Morgan fingerprint density at radius 3 is 2.39 bits per heavy atom. The van der Waals surface area contributed by atoms with Crippen molar-refractivity contribution < 1.29 is 23.8 Å². The Morgan fingerprint density at radius 1 is 1.16 bits per heavy atom. The van der Waals surface area contributed by atoms with Crippen molar-refractivity contribution in [1.82, 2.24) is 4.90 Å². The number of carbonyl (C=O) groups is 1. The summed E-state index contributed by atoms with van der Waals surface area (Å²) in [6.07, 6.45) is 2.35. The van der Waals surface area contributed by atoms with Crippen LogP contribution in [0.25, 0.3) is 0 Å². The zero-order valence-electron chi connectivity index (χ0n) is 19.5. The van der Waals surface area contributed by atoms with Crippen LogP contribution in [0.1, 0.15) is 64.5 Å². The van der Waals surface area contributed by atoms with Gasteiger partial charge in [0.25, 0.3) is 5.91 Å². The van der Waals surface area contributed by atoms with Crippen molar-refractivity contribution in [2.75, 3.05) is 6.61 Å². The fourth-order valence-electron chi connectivity index (χ4n) is 4.66. The molecular weight excluding hydrogens is 410 g/mol. The van der Waals surface area contributed by atoms with Crippen LogP contribution in [-0.2, 0) is 18.7 Å². The Morgan fingerprint density at radius 2 is 1.81 bits per heavy atom. The second kappa shape index (κ2) is 8.27. The van der Waals surface area contributed by atoms with Crippen LogP contribution >= 0.6 is 0 Å². The number of ether oxygens (including phenoxy) is 2. The monoisotopic (exact) mass is 447 g/mol. The first kappa shape index (κ1) is 22.9. The maximum atomic E-state index is 13.5. The summed E-state index contributed by atoms with van der Waals surface area (Å²) in [7, 11) is -2.04. The molecule has 31 heavy (non-hydrogen) atoms. The molecule has 172 valence electrons. The van der Waals surface area contributed by atoms with E-state index in [-0.39, 0.29) is 10.9 Å². The lowest BCUT2D eigenvalue weighted by molar-refractivity contribution is -0.221. The van der Waals surface area contributed by atoms with Gasteiger partial charge in [-0.15, -0.1) is 0 Å². The Bertz CT molecular complexity index is 787. The topological polar surface area (TPSA) is 68.2 Å². The molecule has 2 heterocycles. The van der Waals surface area contributed by atoms with Crippen LogP contribution in [-0.4, -0.2) is 55.1 Å². The summed E-state index contributed by atoms with van der Waals surface area (Å²) in [6.45, 7) is 11.3. The lowest BCUT2D eigenvalue weighted by Crippen LogP contribution is -2.48. The van der Waals surface area contributed by atoms with Crippen molar-refractivity contribution in [2.45, 2.75) is 101 Å². The second-order valence-electron chi connectivity index (χ2n) is 10.7. The molecule has 1 spiro atoms. The first-order valence-electron chi connectivity index (χ1n) is 11.6. The highest BCUT2D eigenvalue weighted by molar-refractivity contribution is 6.74. The van der Waals surface area contributed by atoms with E-state index in [1.54, 1.807) is 0 Å².